The van der Waals surface area contributed by atoms with Crippen molar-refractivity contribution in [3.05, 3.63) is 29.3 Å². The fourth-order valence-electron chi connectivity index (χ4n) is 1.98. The molecular weight excluding hydrogens is 254 g/mol. The molecule has 1 atom stereocenters. The molecule has 0 radical (unpaired) electrons. The SMILES string of the molecule is O=C(CC1CCCSC1)Nc1ccc(Cl)cc1. The van der Waals surface area contributed by atoms with Crippen molar-refractivity contribution in [2.75, 3.05) is 16.8 Å². The predicted octanol–water partition coefficient (Wildman–Crippen LogP) is 3.81. The second-order valence-corrected chi connectivity index (χ2v) is 5.93. The van der Waals surface area contributed by atoms with Crippen molar-refractivity contribution in [3.63, 3.8) is 0 Å². The molecule has 1 aliphatic heterocycles. The number of nitrogens with one attached hydrogen (secondary N) is 1. The Labute approximate surface area is 111 Å². The Morgan fingerprint density at radius 2 is 2.18 bits per heavy atom. The molecule has 1 aliphatic rings. The molecule has 17 heavy (non-hydrogen) atoms. The largest absolute Gasteiger partial charge is 0.326 e. The zero-order valence-corrected chi connectivity index (χ0v) is 11.2. The third kappa shape index (κ3) is 4.25. The van der Waals surface area contributed by atoms with Gasteiger partial charge in [0.15, 0.2) is 0 Å². The molecule has 0 saturated carbocycles. The van der Waals surface area contributed by atoms with Gasteiger partial charge in [0.25, 0.3) is 0 Å². The third-order valence-electron chi connectivity index (χ3n) is 2.86. The maximum absolute atomic E-state index is 11.8. The average molecular weight is 270 g/mol. The van der Waals surface area contributed by atoms with Crippen LogP contribution in [0.5, 0.6) is 0 Å². The van der Waals surface area contributed by atoms with Crippen LogP contribution < -0.4 is 5.32 Å². The van der Waals surface area contributed by atoms with Gasteiger partial charge in [-0.05, 0) is 54.5 Å². The first kappa shape index (κ1) is 12.8. The summed E-state index contributed by atoms with van der Waals surface area (Å²) in [6.07, 6.45) is 3.06. The molecular formula is C13H16ClNOS. The van der Waals surface area contributed by atoms with E-state index in [1.54, 1.807) is 12.1 Å². The number of carbonyl (C=O) groups excluding carboxylic acids is 1. The number of halogens is 1. The van der Waals surface area contributed by atoms with Gasteiger partial charge in [0.1, 0.15) is 0 Å². The second-order valence-electron chi connectivity index (χ2n) is 4.34. The van der Waals surface area contributed by atoms with E-state index in [1.165, 1.54) is 18.6 Å². The highest BCUT2D eigenvalue weighted by Crippen LogP contribution is 2.25. The highest BCUT2D eigenvalue weighted by Gasteiger charge is 2.17. The average Bonchev–Trinajstić information content (AvgIpc) is 2.33. The first-order valence-electron chi connectivity index (χ1n) is 5.87. The summed E-state index contributed by atoms with van der Waals surface area (Å²) in [6, 6.07) is 7.23. The van der Waals surface area contributed by atoms with Crippen molar-refractivity contribution in [2.24, 2.45) is 5.92 Å². The van der Waals surface area contributed by atoms with E-state index < -0.39 is 0 Å². The Morgan fingerprint density at radius 3 is 2.82 bits per heavy atom. The summed E-state index contributed by atoms with van der Waals surface area (Å²) in [6.45, 7) is 0. The Balaban J connectivity index is 1.82. The summed E-state index contributed by atoms with van der Waals surface area (Å²) in [5.41, 5.74) is 0.822. The quantitative estimate of drug-likeness (QED) is 0.904. The Bertz CT molecular complexity index is 374. The lowest BCUT2D eigenvalue weighted by Crippen LogP contribution is -2.20. The molecule has 1 aromatic carbocycles. The Kier molecular flexibility index (Phi) is 4.75. The number of carbonyl (C=O) groups is 1. The molecule has 1 unspecified atom stereocenters. The molecule has 0 aromatic heterocycles. The van der Waals surface area contributed by atoms with Crippen molar-refractivity contribution in [2.45, 2.75) is 19.3 Å². The van der Waals surface area contributed by atoms with Crippen molar-refractivity contribution in [1.82, 2.24) is 0 Å². The summed E-state index contributed by atoms with van der Waals surface area (Å²) in [4.78, 5) is 11.8. The van der Waals surface area contributed by atoms with Crippen LogP contribution in [-0.2, 0) is 4.79 Å². The summed E-state index contributed by atoms with van der Waals surface area (Å²) < 4.78 is 0. The summed E-state index contributed by atoms with van der Waals surface area (Å²) in [5, 5.41) is 3.60. The third-order valence-corrected chi connectivity index (χ3v) is 4.39. The van der Waals surface area contributed by atoms with E-state index in [0.29, 0.717) is 17.4 Å². The minimum absolute atomic E-state index is 0.111. The standard InChI is InChI=1S/C13H16ClNOS/c14-11-3-5-12(6-4-11)15-13(16)8-10-2-1-7-17-9-10/h3-6,10H,1-2,7-9H2,(H,15,16). The van der Waals surface area contributed by atoms with Crippen LogP contribution in [0.4, 0.5) is 5.69 Å². The van der Waals surface area contributed by atoms with Gasteiger partial charge in [-0.1, -0.05) is 11.6 Å². The minimum Gasteiger partial charge on any atom is -0.326 e. The van der Waals surface area contributed by atoms with Gasteiger partial charge in [0.05, 0.1) is 0 Å². The molecule has 1 aromatic rings. The van der Waals surface area contributed by atoms with Gasteiger partial charge in [0.2, 0.25) is 5.91 Å². The first-order valence-corrected chi connectivity index (χ1v) is 7.40. The molecule has 0 bridgehead atoms. The van der Waals surface area contributed by atoms with Crippen LogP contribution in [0.1, 0.15) is 19.3 Å². The van der Waals surface area contributed by atoms with E-state index in [0.717, 1.165) is 11.4 Å². The fourth-order valence-corrected chi connectivity index (χ4v) is 3.26. The van der Waals surface area contributed by atoms with E-state index in [2.05, 4.69) is 5.32 Å². The Hall–Kier alpha value is -0.670. The van der Waals surface area contributed by atoms with Crippen LogP contribution in [-0.4, -0.2) is 17.4 Å². The molecule has 2 nitrogen and oxygen atoms in total. The molecule has 4 heteroatoms. The molecule has 2 rings (SSSR count). The Morgan fingerprint density at radius 1 is 1.41 bits per heavy atom. The molecule has 1 fully saturated rings. The summed E-state index contributed by atoms with van der Waals surface area (Å²) >= 11 is 7.74. The lowest BCUT2D eigenvalue weighted by Gasteiger charge is -2.20. The maximum atomic E-state index is 11.8. The number of anilines is 1. The van der Waals surface area contributed by atoms with Crippen LogP contribution in [0.25, 0.3) is 0 Å². The van der Waals surface area contributed by atoms with Crippen molar-refractivity contribution in [3.8, 4) is 0 Å². The predicted molar refractivity (Wildman–Crippen MR) is 74.7 cm³/mol. The van der Waals surface area contributed by atoms with Crippen LogP contribution >= 0.6 is 23.4 Å². The minimum atomic E-state index is 0.111. The van der Waals surface area contributed by atoms with Gasteiger partial charge < -0.3 is 5.32 Å². The van der Waals surface area contributed by atoms with Gasteiger partial charge in [-0.2, -0.15) is 11.8 Å². The van der Waals surface area contributed by atoms with Crippen LogP contribution in [0.2, 0.25) is 5.02 Å². The van der Waals surface area contributed by atoms with Gasteiger partial charge in [-0.25, -0.2) is 0 Å². The van der Waals surface area contributed by atoms with E-state index in [1.807, 2.05) is 23.9 Å². The van der Waals surface area contributed by atoms with Gasteiger partial charge in [-0.15, -0.1) is 0 Å². The lowest BCUT2D eigenvalue weighted by atomic mass is 10.0. The molecule has 0 spiro atoms. The van der Waals surface area contributed by atoms with E-state index in [9.17, 15) is 4.79 Å². The summed E-state index contributed by atoms with van der Waals surface area (Å²) in [7, 11) is 0. The second kappa shape index (κ2) is 6.31. The van der Waals surface area contributed by atoms with Crippen molar-refractivity contribution < 1.29 is 4.79 Å². The number of hydrogen-bond acceptors (Lipinski definition) is 2. The summed E-state index contributed by atoms with van der Waals surface area (Å²) in [5.74, 6) is 3.02. The molecule has 1 amide bonds. The lowest BCUT2D eigenvalue weighted by molar-refractivity contribution is -0.117. The highest BCUT2D eigenvalue weighted by atomic mass is 35.5. The van der Waals surface area contributed by atoms with Crippen LogP contribution in [0.3, 0.4) is 0 Å². The molecule has 92 valence electrons. The fraction of sp³-hybridized carbons (Fsp3) is 0.462. The highest BCUT2D eigenvalue weighted by molar-refractivity contribution is 7.99. The molecule has 0 aliphatic carbocycles. The van der Waals surface area contributed by atoms with E-state index in [4.69, 9.17) is 11.6 Å². The molecule has 1 N–H and O–H groups in total. The number of thioether (sulfide) groups is 1. The smallest absolute Gasteiger partial charge is 0.224 e. The number of amides is 1. The van der Waals surface area contributed by atoms with Gasteiger partial charge >= 0.3 is 0 Å². The molecule has 1 heterocycles. The zero-order valence-electron chi connectivity index (χ0n) is 9.62. The monoisotopic (exact) mass is 269 g/mol. The normalized spacial score (nSPS) is 19.9. The number of hydrogen-bond donors (Lipinski definition) is 1. The van der Waals surface area contributed by atoms with Crippen LogP contribution in [0.15, 0.2) is 24.3 Å². The van der Waals surface area contributed by atoms with Crippen molar-refractivity contribution >= 4 is 35.0 Å². The van der Waals surface area contributed by atoms with E-state index in [-0.39, 0.29) is 5.91 Å². The number of rotatable bonds is 3. The first-order chi connectivity index (χ1) is 8.24. The van der Waals surface area contributed by atoms with Crippen LogP contribution in [0, 0.1) is 5.92 Å². The molecule has 1 saturated heterocycles. The van der Waals surface area contributed by atoms with Gasteiger partial charge in [0, 0.05) is 17.1 Å². The topological polar surface area (TPSA) is 29.1 Å². The van der Waals surface area contributed by atoms with E-state index >= 15 is 0 Å². The van der Waals surface area contributed by atoms with Gasteiger partial charge in [-0.3, -0.25) is 4.79 Å². The number of benzene rings is 1. The zero-order chi connectivity index (χ0) is 12.1. The van der Waals surface area contributed by atoms with Crippen molar-refractivity contribution in [1.29, 1.82) is 0 Å². The maximum Gasteiger partial charge on any atom is 0.224 e.